The van der Waals surface area contributed by atoms with Crippen molar-refractivity contribution in [1.82, 2.24) is 24.4 Å². The molecule has 3 aromatic rings. The number of hydrogen-bond acceptors (Lipinski definition) is 7. The van der Waals surface area contributed by atoms with E-state index in [1.54, 1.807) is 16.8 Å². The molecule has 3 aromatic heterocycles. The average Bonchev–Trinajstić information content (AvgIpc) is 3.52. The zero-order chi connectivity index (χ0) is 24.7. The fraction of sp³-hybridized carbons (Fsp3) is 0.440. The monoisotopic (exact) mass is 478 g/mol. The Hall–Kier alpha value is -3.71. The van der Waals surface area contributed by atoms with Gasteiger partial charge in [-0.25, -0.2) is 14.3 Å². The topological polar surface area (TPSA) is 96.0 Å². The fourth-order valence-corrected chi connectivity index (χ4v) is 4.86. The van der Waals surface area contributed by atoms with Gasteiger partial charge in [0.1, 0.15) is 24.0 Å². The number of carbonyl (C=O) groups excluding carboxylic acids is 1. The van der Waals surface area contributed by atoms with Crippen molar-refractivity contribution in [3.63, 3.8) is 0 Å². The average molecular weight is 479 g/mol. The maximum absolute atomic E-state index is 13.4. The number of amides is 1. The summed E-state index contributed by atoms with van der Waals surface area (Å²) < 4.78 is 26.6. The molecule has 35 heavy (non-hydrogen) atoms. The minimum Gasteiger partial charge on any atom is -0.491 e. The van der Waals surface area contributed by atoms with E-state index in [9.17, 15) is 14.4 Å². The van der Waals surface area contributed by atoms with Crippen molar-refractivity contribution in [2.24, 2.45) is 0 Å². The Labute approximate surface area is 202 Å². The number of rotatable bonds is 5. The highest BCUT2D eigenvalue weighted by Gasteiger charge is 2.46. The number of pyridine rings is 2. The highest BCUT2D eigenvalue weighted by molar-refractivity contribution is 5.84. The maximum Gasteiger partial charge on any atom is 0.410 e. The van der Waals surface area contributed by atoms with Crippen LogP contribution in [0.2, 0.25) is 0 Å². The lowest BCUT2D eigenvalue weighted by Crippen LogP contribution is -2.50. The second-order valence-electron chi connectivity index (χ2n) is 9.94. The number of aromatic nitrogens is 3. The van der Waals surface area contributed by atoms with E-state index in [1.807, 2.05) is 31.7 Å². The SMILES string of the molecule is CC(C)(C)OC(=O)N1CC2CC1CN2CCOc1cc(-c2ccc(F)nc2)c2c(C#N)cnn2c1. The number of piperazine rings is 1. The zero-order valence-corrected chi connectivity index (χ0v) is 19.9. The smallest absolute Gasteiger partial charge is 0.410 e. The van der Waals surface area contributed by atoms with Crippen LogP contribution in [0.25, 0.3) is 16.6 Å². The summed E-state index contributed by atoms with van der Waals surface area (Å²) >= 11 is 0. The summed E-state index contributed by atoms with van der Waals surface area (Å²) in [5.74, 6) is 0.0143. The van der Waals surface area contributed by atoms with E-state index in [0.717, 1.165) is 19.5 Å². The van der Waals surface area contributed by atoms with Gasteiger partial charge in [-0.15, -0.1) is 0 Å². The molecule has 0 spiro atoms. The van der Waals surface area contributed by atoms with E-state index in [0.29, 0.717) is 47.2 Å². The number of carbonyl (C=O) groups is 1. The van der Waals surface area contributed by atoms with Crippen LogP contribution < -0.4 is 4.74 Å². The Kier molecular flexibility index (Phi) is 5.81. The molecule has 5 rings (SSSR count). The van der Waals surface area contributed by atoms with Crippen LogP contribution in [0.5, 0.6) is 5.75 Å². The van der Waals surface area contributed by atoms with E-state index in [-0.39, 0.29) is 12.1 Å². The van der Waals surface area contributed by atoms with Crippen LogP contribution in [-0.4, -0.2) is 74.4 Å². The van der Waals surface area contributed by atoms with E-state index in [4.69, 9.17) is 9.47 Å². The molecule has 10 heteroatoms. The molecule has 2 bridgehead atoms. The molecule has 2 aliphatic heterocycles. The Bertz CT molecular complexity index is 1290. The Morgan fingerprint density at radius 2 is 2.09 bits per heavy atom. The van der Waals surface area contributed by atoms with Crippen molar-refractivity contribution < 1.29 is 18.7 Å². The van der Waals surface area contributed by atoms with Crippen molar-refractivity contribution in [2.75, 3.05) is 26.2 Å². The van der Waals surface area contributed by atoms with E-state index < -0.39 is 11.5 Å². The van der Waals surface area contributed by atoms with Gasteiger partial charge in [0, 0.05) is 49.0 Å². The second-order valence-corrected chi connectivity index (χ2v) is 9.94. The van der Waals surface area contributed by atoms with Crippen molar-refractivity contribution in [1.29, 1.82) is 5.26 Å². The molecule has 1 amide bonds. The molecular formula is C25H27FN6O3. The molecule has 0 radical (unpaired) electrons. The number of likely N-dealkylation sites (tertiary alicyclic amines) is 2. The summed E-state index contributed by atoms with van der Waals surface area (Å²) in [5.41, 5.74) is 1.89. The van der Waals surface area contributed by atoms with Gasteiger partial charge in [0.2, 0.25) is 5.95 Å². The van der Waals surface area contributed by atoms with Gasteiger partial charge in [-0.3, -0.25) is 4.90 Å². The van der Waals surface area contributed by atoms with Crippen LogP contribution in [0, 0.1) is 17.3 Å². The van der Waals surface area contributed by atoms with Gasteiger partial charge < -0.3 is 14.4 Å². The van der Waals surface area contributed by atoms with Gasteiger partial charge in [-0.05, 0) is 45.4 Å². The number of halogens is 1. The number of nitrogens with zero attached hydrogens (tertiary/aromatic N) is 6. The third-order valence-corrected chi connectivity index (χ3v) is 6.37. The summed E-state index contributed by atoms with van der Waals surface area (Å²) in [6, 6.07) is 7.33. The quantitative estimate of drug-likeness (QED) is 0.518. The highest BCUT2D eigenvalue weighted by atomic mass is 19.1. The van der Waals surface area contributed by atoms with E-state index >= 15 is 0 Å². The second kappa shape index (κ2) is 8.82. The van der Waals surface area contributed by atoms with Crippen molar-refractivity contribution in [3.05, 3.63) is 48.3 Å². The molecule has 0 aromatic carbocycles. The first kappa shape index (κ1) is 23.1. The zero-order valence-electron chi connectivity index (χ0n) is 19.9. The van der Waals surface area contributed by atoms with Crippen LogP contribution in [0.15, 0.2) is 36.8 Å². The Morgan fingerprint density at radius 1 is 1.26 bits per heavy atom. The van der Waals surface area contributed by atoms with Gasteiger partial charge in [-0.1, -0.05) is 0 Å². The first-order valence-electron chi connectivity index (χ1n) is 11.6. The molecular weight excluding hydrogens is 451 g/mol. The lowest BCUT2D eigenvalue weighted by atomic mass is 10.1. The van der Waals surface area contributed by atoms with Gasteiger partial charge in [0.25, 0.3) is 0 Å². The van der Waals surface area contributed by atoms with Crippen LogP contribution in [0.1, 0.15) is 32.8 Å². The maximum atomic E-state index is 13.4. The van der Waals surface area contributed by atoms with E-state index in [1.165, 1.54) is 18.5 Å². The van der Waals surface area contributed by atoms with Crippen molar-refractivity contribution in [2.45, 2.75) is 44.9 Å². The van der Waals surface area contributed by atoms with Gasteiger partial charge in [-0.2, -0.15) is 14.8 Å². The molecule has 2 fully saturated rings. The molecule has 0 saturated carbocycles. The van der Waals surface area contributed by atoms with Gasteiger partial charge >= 0.3 is 6.09 Å². The normalized spacial score (nSPS) is 19.8. The first-order valence-corrected chi connectivity index (χ1v) is 11.6. The van der Waals surface area contributed by atoms with Gasteiger partial charge in [0.15, 0.2) is 0 Å². The standard InChI is InChI=1S/C25H27FN6O3/c1-25(2,3)35-24(33)31-14-18-8-19(31)13-30(18)6-7-34-20-9-21(16-4-5-22(26)28-11-16)23-17(10-27)12-29-32(23)15-20/h4-5,9,11-12,15,18-19H,6-8,13-14H2,1-3H3. The molecule has 0 aliphatic carbocycles. The number of hydrogen-bond donors (Lipinski definition) is 0. The molecule has 2 unspecified atom stereocenters. The third-order valence-electron chi connectivity index (χ3n) is 6.37. The predicted molar refractivity (Wildman–Crippen MR) is 125 cm³/mol. The predicted octanol–water partition coefficient (Wildman–Crippen LogP) is 3.48. The van der Waals surface area contributed by atoms with Crippen LogP contribution >= 0.6 is 0 Å². The lowest BCUT2D eigenvalue weighted by molar-refractivity contribution is 0.0122. The fourth-order valence-electron chi connectivity index (χ4n) is 4.86. The highest BCUT2D eigenvalue weighted by Crippen LogP contribution is 2.33. The number of nitriles is 1. The minimum atomic E-state index is -0.573. The third kappa shape index (κ3) is 4.64. The molecule has 2 saturated heterocycles. The summed E-state index contributed by atoms with van der Waals surface area (Å²) in [5, 5.41) is 13.8. The molecule has 5 heterocycles. The molecule has 2 aliphatic rings. The number of fused-ring (bicyclic) bond motifs is 3. The van der Waals surface area contributed by atoms with Crippen LogP contribution in [0.3, 0.4) is 0 Å². The molecule has 2 atom stereocenters. The summed E-state index contributed by atoms with van der Waals surface area (Å²) in [6.07, 6.45) is 5.36. The summed E-state index contributed by atoms with van der Waals surface area (Å²) in [6.45, 7) is 8.26. The van der Waals surface area contributed by atoms with Crippen LogP contribution in [-0.2, 0) is 4.74 Å². The first-order chi connectivity index (χ1) is 16.7. The molecule has 0 N–H and O–H groups in total. The lowest BCUT2D eigenvalue weighted by Gasteiger charge is -2.35. The molecule has 9 nitrogen and oxygen atoms in total. The van der Waals surface area contributed by atoms with Gasteiger partial charge in [0.05, 0.1) is 23.5 Å². The van der Waals surface area contributed by atoms with Crippen molar-refractivity contribution in [3.8, 4) is 22.9 Å². The largest absolute Gasteiger partial charge is 0.491 e. The molecule has 182 valence electrons. The summed E-state index contributed by atoms with van der Waals surface area (Å²) in [4.78, 5) is 20.4. The number of ether oxygens (including phenoxy) is 2. The Balaban J connectivity index is 1.25. The van der Waals surface area contributed by atoms with E-state index in [2.05, 4.69) is 21.1 Å². The van der Waals surface area contributed by atoms with Crippen LogP contribution in [0.4, 0.5) is 9.18 Å². The van der Waals surface area contributed by atoms with Crippen molar-refractivity contribution >= 4 is 11.6 Å². The summed E-state index contributed by atoms with van der Waals surface area (Å²) in [7, 11) is 0. The minimum absolute atomic E-state index is 0.164. The Morgan fingerprint density at radius 3 is 2.74 bits per heavy atom.